The first kappa shape index (κ1) is 21.0. The molecule has 1 aliphatic rings. The number of benzene rings is 1. The lowest BCUT2D eigenvalue weighted by molar-refractivity contribution is 0.240. The van der Waals surface area contributed by atoms with Gasteiger partial charge in [0.25, 0.3) is 3.93 Å². The number of ether oxygens (including phenoxy) is 1. The van der Waals surface area contributed by atoms with Gasteiger partial charge in [0.1, 0.15) is 5.75 Å². The van der Waals surface area contributed by atoms with E-state index in [9.17, 15) is 0 Å². The predicted octanol–water partition coefficient (Wildman–Crippen LogP) is 7.90. The van der Waals surface area contributed by atoms with E-state index in [-0.39, 0.29) is 0 Å². The smallest absolute Gasteiger partial charge is 0.267 e. The number of hydrogen-bond acceptors (Lipinski definition) is 1. The molecule has 0 radical (unpaired) electrons. The van der Waals surface area contributed by atoms with Crippen molar-refractivity contribution in [2.24, 2.45) is 11.8 Å². The summed E-state index contributed by atoms with van der Waals surface area (Å²) in [7, 11) is 0. The van der Waals surface area contributed by atoms with Crippen molar-refractivity contribution in [3.8, 4) is 5.75 Å². The Morgan fingerprint density at radius 2 is 1.71 bits per heavy atom. The van der Waals surface area contributed by atoms with E-state index in [0.717, 1.165) is 42.6 Å². The molecule has 0 aliphatic heterocycles. The lowest BCUT2D eigenvalue weighted by Crippen LogP contribution is -2.18. The molecule has 2 rings (SSSR count). The maximum Gasteiger partial charge on any atom is 0.267 e. The van der Waals surface area contributed by atoms with Crippen LogP contribution in [-0.4, -0.2) is 10.5 Å². The topological polar surface area (TPSA) is 9.23 Å². The maximum absolute atomic E-state index is 5.87. The van der Waals surface area contributed by atoms with E-state index in [1.165, 1.54) is 37.7 Å². The molecule has 1 aromatic carbocycles. The van der Waals surface area contributed by atoms with E-state index in [1.807, 2.05) is 0 Å². The first-order chi connectivity index (χ1) is 11.4. The van der Waals surface area contributed by atoms with Gasteiger partial charge in [-0.15, -0.1) is 0 Å². The van der Waals surface area contributed by atoms with Crippen LogP contribution in [0.5, 0.6) is 5.75 Å². The zero-order valence-corrected chi connectivity index (χ0v) is 20.5. The van der Waals surface area contributed by atoms with E-state index >= 15 is 0 Å². The van der Waals surface area contributed by atoms with Gasteiger partial charge in [-0.25, -0.2) is 0 Å². The third-order valence-electron chi connectivity index (χ3n) is 5.45. The van der Waals surface area contributed by atoms with Crippen LogP contribution in [0.3, 0.4) is 0 Å². The quantitative estimate of drug-likeness (QED) is 0.185. The Kier molecular flexibility index (Phi) is 8.85. The molecule has 1 unspecified atom stereocenters. The van der Waals surface area contributed by atoms with Gasteiger partial charge in [-0.2, -0.15) is 0 Å². The summed E-state index contributed by atoms with van der Waals surface area (Å²) in [4.78, 5) is 0. The van der Waals surface area contributed by atoms with E-state index in [0.29, 0.717) is 0 Å². The lowest BCUT2D eigenvalue weighted by atomic mass is 9.74. The number of rotatable bonds is 8. The van der Waals surface area contributed by atoms with Crippen LogP contribution < -0.4 is 4.74 Å². The van der Waals surface area contributed by atoms with Crippen molar-refractivity contribution < 1.29 is 4.74 Å². The monoisotopic (exact) mass is 538 g/mol. The summed E-state index contributed by atoms with van der Waals surface area (Å²) in [6.07, 6.45) is 7.87. The third-order valence-corrected chi connectivity index (χ3v) is 9.93. The SMILES string of the molecule is CCC(C)C1CCC(c2ccc(OCCC[Si](Br)(Br)Br)cc2)CC1. The largest absolute Gasteiger partial charge is 0.494 e. The molecule has 1 aliphatic carbocycles. The number of halogens is 3. The molecule has 5 heteroatoms. The first-order valence-corrected chi connectivity index (χ1v) is 18.2. The van der Waals surface area contributed by atoms with Crippen LogP contribution in [-0.2, 0) is 0 Å². The van der Waals surface area contributed by atoms with Crippen LogP contribution in [0.1, 0.15) is 63.9 Å². The molecule has 0 heterocycles. The standard InChI is InChI=1S/C19H29Br3OSi/c1-3-15(2)16-5-7-17(8-6-16)18-9-11-19(12-10-18)23-13-4-14-24(20,21)22/h9-12,15-17H,3-8,13-14H2,1-2H3. The summed E-state index contributed by atoms with van der Waals surface area (Å²) in [5.41, 5.74) is 1.50. The second-order valence-electron chi connectivity index (χ2n) is 7.13. The minimum atomic E-state index is -1.49. The van der Waals surface area contributed by atoms with E-state index in [2.05, 4.69) is 84.0 Å². The molecule has 1 aromatic rings. The zero-order valence-electron chi connectivity index (χ0n) is 14.7. The maximum atomic E-state index is 5.87. The van der Waals surface area contributed by atoms with Gasteiger partial charge in [-0.3, -0.25) is 0 Å². The van der Waals surface area contributed by atoms with Crippen LogP contribution >= 0.6 is 45.9 Å². The van der Waals surface area contributed by atoms with Gasteiger partial charge in [-0.05, 0) is 73.6 Å². The van der Waals surface area contributed by atoms with Crippen LogP contribution in [0.25, 0.3) is 0 Å². The van der Waals surface area contributed by atoms with Gasteiger partial charge in [0.2, 0.25) is 0 Å². The van der Waals surface area contributed by atoms with Gasteiger partial charge >= 0.3 is 0 Å². The Morgan fingerprint density at radius 3 is 2.25 bits per heavy atom. The van der Waals surface area contributed by atoms with Crippen molar-refractivity contribution in [3.05, 3.63) is 29.8 Å². The van der Waals surface area contributed by atoms with Gasteiger partial charge in [0.05, 0.1) is 6.61 Å². The second-order valence-corrected chi connectivity index (χ2v) is 30.6. The average Bonchev–Trinajstić information content (AvgIpc) is 2.58. The molecule has 0 spiro atoms. The highest BCUT2D eigenvalue weighted by molar-refractivity contribution is 9.72. The lowest BCUT2D eigenvalue weighted by Gasteiger charge is -2.32. The minimum Gasteiger partial charge on any atom is -0.494 e. The highest BCUT2D eigenvalue weighted by Crippen LogP contribution is 2.39. The normalized spacial score (nSPS) is 23.0. The third kappa shape index (κ3) is 7.12. The molecule has 0 N–H and O–H groups in total. The molecular weight excluding hydrogens is 512 g/mol. The highest BCUT2D eigenvalue weighted by Gasteiger charge is 2.25. The minimum absolute atomic E-state index is 0.751. The molecule has 0 bridgehead atoms. The molecule has 24 heavy (non-hydrogen) atoms. The summed E-state index contributed by atoms with van der Waals surface area (Å²) in [6, 6.07) is 9.96. The van der Waals surface area contributed by atoms with Gasteiger partial charge in [-0.1, -0.05) is 78.3 Å². The molecule has 1 atom stereocenters. The van der Waals surface area contributed by atoms with Crippen LogP contribution in [0, 0.1) is 11.8 Å². The molecule has 0 amide bonds. The first-order valence-electron chi connectivity index (χ1n) is 9.18. The van der Waals surface area contributed by atoms with Crippen molar-refractivity contribution >= 4 is 49.8 Å². The zero-order chi connectivity index (χ0) is 17.6. The summed E-state index contributed by atoms with van der Waals surface area (Å²) in [5, 5.41) is 0. The summed E-state index contributed by atoms with van der Waals surface area (Å²) in [6.45, 7) is 5.52. The molecule has 1 fully saturated rings. The average molecular weight is 541 g/mol. The van der Waals surface area contributed by atoms with Crippen molar-refractivity contribution in [3.63, 3.8) is 0 Å². The molecule has 0 aromatic heterocycles. The van der Waals surface area contributed by atoms with Crippen molar-refractivity contribution in [2.75, 3.05) is 6.61 Å². The van der Waals surface area contributed by atoms with Crippen LogP contribution in [0.15, 0.2) is 24.3 Å². The summed E-state index contributed by atoms with van der Waals surface area (Å²) in [5.74, 6) is 3.59. The molecular formula is C19H29Br3OSi. The molecule has 0 saturated heterocycles. The van der Waals surface area contributed by atoms with Crippen molar-refractivity contribution in [2.45, 2.75) is 64.3 Å². The fourth-order valence-electron chi connectivity index (χ4n) is 3.65. The second kappa shape index (κ2) is 10.1. The van der Waals surface area contributed by atoms with Gasteiger partial charge in [0, 0.05) is 0 Å². The Balaban J connectivity index is 1.76. The molecule has 1 saturated carbocycles. The Morgan fingerprint density at radius 1 is 1.08 bits per heavy atom. The summed E-state index contributed by atoms with van der Waals surface area (Å²) < 4.78 is 4.38. The van der Waals surface area contributed by atoms with Gasteiger partial charge < -0.3 is 4.74 Å². The Labute approximate surface area is 172 Å². The fraction of sp³-hybridized carbons (Fsp3) is 0.684. The van der Waals surface area contributed by atoms with Crippen molar-refractivity contribution in [1.82, 2.24) is 0 Å². The Hall–Kier alpha value is 0.677. The van der Waals surface area contributed by atoms with Crippen molar-refractivity contribution in [1.29, 1.82) is 0 Å². The molecule has 1 nitrogen and oxygen atoms in total. The van der Waals surface area contributed by atoms with E-state index < -0.39 is 3.93 Å². The van der Waals surface area contributed by atoms with E-state index in [1.54, 1.807) is 0 Å². The predicted molar refractivity (Wildman–Crippen MR) is 118 cm³/mol. The number of hydrogen-bond donors (Lipinski definition) is 0. The fourth-order valence-corrected chi connectivity index (χ4v) is 6.72. The highest BCUT2D eigenvalue weighted by atomic mass is 80.0. The van der Waals surface area contributed by atoms with Crippen LogP contribution in [0.2, 0.25) is 6.04 Å². The molecule has 136 valence electrons. The van der Waals surface area contributed by atoms with E-state index in [4.69, 9.17) is 4.74 Å². The summed E-state index contributed by atoms with van der Waals surface area (Å²) >= 11 is 11.0. The van der Waals surface area contributed by atoms with Gasteiger partial charge in [0.15, 0.2) is 0 Å². The Bertz CT molecular complexity index is 478. The van der Waals surface area contributed by atoms with Crippen LogP contribution in [0.4, 0.5) is 0 Å².